The van der Waals surface area contributed by atoms with Gasteiger partial charge in [0.05, 0.1) is 7.11 Å². The van der Waals surface area contributed by atoms with Gasteiger partial charge >= 0.3 is 0 Å². The maximum absolute atomic E-state index is 5.34. The summed E-state index contributed by atoms with van der Waals surface area (Å²) in [5.74, 6) is 2.96. The Hall–Kier alpha value is -1.52. The molecule has 0 saturated heterocycles. The summed E-state index contributed by atoms with van der Waals surface area (Å²) in [5, 5.41) is 6.32. The predicted octanol–water partition coefficient (Wildman–Crippen LogP) is 3.55. The molecule has 5 nitrogen and oxygen atoms in total. The second kappa shape index (κ2) is 9.39. The summed E-state index contributed by atoms with van der Waals surface area (Å²) in [4.78, 5) is 8.35. The Morgan fingerprint density at radius 2 is 1.80 bits per heavy atom. The van der Waals surface area contributed by atoms with E-state index in [9.17, 15) is 0 Å². The summed E-state index contributed by atoms with van der Waals surface area (Å²) in [6.45, 7) is 5.47. The van der Waals surface area contributed by atoms with Crippen LogP contribution in [0.3, 0.4) is 0 Å². The quantitative estimate of drug-likeness (QED) is 0.642. The van der Waals surface area contributed by atoms with Crippen molar-refractivity contribution in [2.24, 2.45) is 5.92 Å². The SMILES string of the molecule is CNc1ncnc(NCCCCCCC(C)C)c1OC. The van der Waals surface area contributed by atoms with E-state index in [0.29, 0.717) is 11.6 Å². The summed E-state index contributed by atoms with van der Waals surface area (Å²) in [6.07, 6.45) is 7.92. The Balaban J connectivity index is 2.28. The number of aromatic nitrogens is 2. The lowest BCUT2D eigenvalue weighted by atomic mass is 10.0. The van der Waals surface area contributed by atoms with Crippen molar-refractivity contribution in [2.45, 2.75) is 46.0 Å². The average Bonchev–Trinajstić information content (AvgIpc) is 2.45. The summed E-state index contributed by atoms with van der Waals surface area (Å²) >= 11 is 0. The van der Waals surface area contributed by atoms with Gasteiger partial charge in [-0.2, -0.15) is 0 Å². The van der Waals surface area contributed by atoms with Gasteiger partial charge in [-0.15, -0.1) is 0 Å². The van der Waals surface area contributed by atoms with Gasteiger partial charge in [0.15, 0.2) is 11.6 Å². The number of rotatable bonds is 10. The van der Waals surface area contributed by atoms with Crippen molar-refractivity contribution in [3.05, 3.63) is 6.33 Å². The number of anilines is 2. The van der Waals surface area contributed by atoms with Crippen molar-refractivity contribution in [1.29, 1.82) is 0 Å². The highest BCUT2D eigenvalue weighted by Gasteiger charge is 2.09. The van der Waals surface area contributed by atoms with Crippen molar-refractivity contribution in [3.8, 4) is 5.75 Å². The van der Waals surface area contributed by atoms with Crippen LogP contribution in [-0.4, -0.2) is 30.7 Å². The molecule has 0 aliphatic carbocycles. The average molecular weight is 280 g/mol. The molecule has 0 aromatic carbocycles. The normalized spacial score (nSPS) is 10.7. The third kappa shape index (κ3) is 5.63. The second-order valence-electron chi connectivity index (χ2n) is 5.38. The Labute approximate surface area is 122 Å². The zero-order valence-electron chi connectivity index (χ0n) is 13.2. The van der Waals surface area contributed by atoms with Crippen LogP contribution in [0.4, 0.5) is 11.6 Å². The maximum atomic E-state index is 5.34. The van der Waals surface area contributed by atoms with Crippen molar-refractivity contribution in [3.63, 3.8) is 0 Å². The van der Waals surface area contributed by atoms with Crippen LogP contribution in [-0.2, 0) is 0 Å². The summed E-state index contributed by atoms with van der Waals surface area (Å²) in [7, 11) is 3.46. The molecule has 5 heteroatoms. The third-order valence-electron chi connectivity index (χ3n) is 3.25. The van der Waals surface area contributed by atoms with E-state index in [2.05, 4.69) is 34.4 Å². The monoisotopic (exact) mass is 280 g/mol. The van der Waals surface area contributed by atoms with Gasteiger partial charge in [0.1, 0.15) is 6.33 Å². The molecule has 0 fully saturated rings. The van der Waals surface area contributed by atoms with Crippen LogP contribution in [0.15, 0.2) is 6.33 Å². The Morgan fingerprint density at radius 3 is 2.45 bits per heavy atom. The van der Waals surface area contributed by atoms with Gasteiger partial charge in [0.2, 0.25) is 5.75 Å². The molecular formula is C15H28N4O. The van der Waals surface area contributed by atoms with Gasteiger partial charge in [-0.25, -0.2) is 9.97 Å². The largest absolute Gasteiger partial charge is 0.490 e. The van der Waals surface area contributed by atoms with Crippen LogP contribution >= 0.6 is 0 Å². The number of ether oxygens (including phenoxy) is 1. The van der Waals surface area contributed by atoms with Crippen molar-refractivity contribution in [1.82, 2.24) is 9.97 Å². The van der Waals surface area contributed by atoms with E-state index in [4.69, 9.17) is 4.74 Å². The Kier molecular flexibility index (Phi) is 7.77. The number of nitrogens with zero attached hydrogens (tertiary/aromatic N) is 2. The minimum atomic E-state index is 0.676. The first-order chi connectivity index (χ1) is 9.69. The van der Waals surface area contributed by atoms with Gasteiger partial charge in [0, 0.05) is 13.6 Å². The molecule has 0 amide bonds. The lowest BCUT2D eigenvalue weighted by Gasteiger charge is -2.12. The maximum Gasteiger partial charge on any atom is 0.204 e. The summed E-state index contributed by atoms with van der Waals surface area (Å²) in [6, 6.07) is 0. The van der Waals surface area contributed by atoms with Crippen LogP contribution in [0.5, 0.6) is 5.75 Å². The van der Waals surface area contributed by atoms with Crippen molar-refractivity contribution >= 4 is 11.6 Å². The van der Waals surface area contributed by atoms with Crippen LogP contribution in [0.2, 0.25) is 0 Å². The van der Waals surface area contributed by atoms with E-state index in [1.165, 1.54) is 25.7 Å². The molecule has 0 radical (unpaired) electrons. The lowest BCUT2D eigenvalue weighted by molar-refractivity contribution is 0.415. The highest BCUT2D eigenvalue weighted by atomic mass is 16.5. The molecule has 1 rings (SSSR count). The molecule has 0 aliphatic rings. The molecule has 1 heterocycles. The molecule has 20 heavy (non-hydrogen) atoms. The Bertz CT molecular complexity index is 382. The zero-order chi connectivity index (χ0) is 14.8. The predicted molar refractivity (Wildman–Crippen MR) is 84.5 cm³/mol. The van der Waals surface area contributed by atoms with Crippen molar-refractivity contribution in [2.75, 3.05) is 31.3 Å². The molecule has 0 saturated carbocycles. The summed E-state index contributed by atoms with van der Waals surface area (Å²) < 4.78 is 5.34. The van der Waals surface area contributed by atoms with Gasteiger partial charge in [-0.05, 0) is 12.3 Å². The highest BCUT2D eigenvalue weighted by molar-refractivity contribution is 5.63. The van der Waals surface area contributed by atoms with Gasteiger partial charge in [-0.1, -0.05) is 39.5 Å². The fourth-order valence-corrected chi connectivity index (χ4v) is 2.11. The van der Waals surface area contributed by atoms with Gasteiger partial charge in [0.25, 0.3) is 0 Å². The number of nitrogens with one attached hydrogen (secondary N) is 2. The number of methoxy groups -OCH3 is 1. The molecule has 1 aromatic heterocycles. The third-order valence-corrected chi connectivity index (χ3v) is 3.25. The van der Waals surface area contributed by atoms with E-state index in [1.54, 1.807) is 13.4 Å². The van der Waals surface area contributed by atoms with E-state index in [1.807, 2.05) is 7.05 Å². The first kappa shape index (κ1) is 16.5. The second-order valence-corrected chi connectivity index (χ2v) is 5.38. The molecule has 0 aliphatic heterocycles. The van der Waals surface area contributed by atoms with Gasteiger partial charge in [-0.3, -0.25) is 0 Å². The Morgan fingerprint density at radius 1 is 1.10 bits per heavy atom. The zero-order valence-corrected chi connectivity index (χ0v) is 13.2. The smallest absolute Gasteiger partial charge is 0.204 e. The number of hydrogen-bond acceptors (Lipinski definition) is 5. The molecule has 0 bridgehead atoms. The molecule has 0 atom stereocenters. The van der Waals surface area contributed by atoms with Crippen LogP contribution in [0.25, 0.3) is 0 Å². The molecule has 2 N–H and O–H groups in total. The number of hydrogen-bond donors (Lipinski definition) is 2. The van der Waals surface area contributed by atoms with Crippen LogP contribution < -0.4 is 15.4 Å². The van der Waals surface area contributed by atoms with E-state index in [0.717, 1.165) is 24.7 Å². The minimum absolute atomic E-state index is 0.676. The van der Waals surface area contributed by atoms with E-state index < -0.39 is 0 Å². The first-order valence-corrected chi connectivity index (χ1v) is 7.49. The first-order valence-electron chi connectivity index (χ1n) is 7.49. The standard InChI is InChI=1S/C15H28N4O/c1-12(2)9-7-5-6-8-10-17-15-13(20-4)14(16-3)18-11-19-15/h11-12H,5-10H2,1-4H3,(H2,16,17,18,19). The lowest BCUT2D eigenvalue weighted by Crippen LogP contribution is -2.07. The van der Waals surface area contributed by atoms with Crippen LogP contribution in [0.1, 0.15) is 46.0 Å². The fraction of sp³-hybridized carbons (Fsp3) is 0.733. The van der Waals surface area contributed by atoms with E-state index >= 15 is 0 Å². The highest BCUT2D eigenvalue weighted by Crippen LogP contribution is 2.28. The van der Waals surface area contributed by atoms with Crippen LogP contribution in [0, 0.1) is 5.92 Å². The topological polar surface area (TPSA) is 59.1 Å². The minimum Gasteiger partial charge on any atom is -0.490 e. The molecule has 114 valence electrons. The molecule has 0 unspecified atom stereocenters. The molecular weight excluding hydrogens is 252 g/mol. The molecule has 0 spiro atoms. The molecule has 1 aromatic rings. The fourth-order valence-electron chi connectivity index (χ4n) is 2.11. The van der Waals surface area contributed by atoms with Gasteiger partial charge < -0.3 is 15.4 Å². The van der Waals surface area contributed by atoms with E-state index in [-0.39, 0.29) is 0 Å². The summed E-state index contributed by atoms with van der Waals surface area (Å²) in [5.41, 5.74) is 0. The van der Waals surface area contributed by atoms with Crippen molar-refractivity contribution < 1.29 is 4.74 Å². The number of unbranched alkanes of at least 4 members (excludes halogenated alkanes) is 3.